The molecule has 0 aliphatic heterocycles. The maximum absolute atomic E-state index is 12.2. The first-order valence-electron chi connectivity index (χ1n) is 7.70. The molecule has 0 fully saturated rings. The summed E-state index contributed by atoms with van der Waals surface area (Å²) in [7, 11) is -22.9. The highest BCUT2D eigenvalue weighted by atomic mass is 32.2. The van der Waals surface area contributed by atoms with E-state index in [-0.39, 0.29) is 0 Å². The maximum atomic E-state index is 12.2. The number of nitrogens with two attached hydrogens (primary N) is 2. The minimum atomic E-state index is -5.83. The summed E-state index contributed by atoms with van der Waals surface area (Å²) in [6.45, 7) is 0. The van der Waals surface area contributed by atoms with Crippen LogP contribution in [0.1, 0.15) is 11.1 Å². The molecular weight excluding hydrogens is 516 g/mol. The highest BCUT2D eigenvalue weighted by molar-refractivity contribution is 8.01. The molecule has 18 heteroatoms. The largest absolute Gasteiger partial charge is 0.397 e. The number of anilines is 2. The number of benzene rings is 2. The lowest BCUT2D eigenvalue weighted by Crippen LogP contribution is -2.19. The van der Waals surface area contributed by atoms with E-state index in [2.05, 4.69) is 0 Å². The zero-order valence-electron chi connectivity index (χ0n) is 15.3. The van der Waals surface area contributed by atoms with Gasteiger partial charge in [0.15, 0.2) is 0 Å². The molecule has 0 atom stereocenters. The third-order valence-corrected chi connectivity index (χ3v) is 7.86. The van der Waals surface area contributed by atoms with Crippen molar-refractivity contribution in [3.63, 3.8) is 0 Å². The Kier molecular flexibility index (Phi) is 6.49. The summed E-state index contributed by atoms with van der Waals surface area (Å²) in [6, 6.07) is 5.88. The minimum Gasteiger partial charge on any atom is -0.397 e. The molecule has 0 spiro atoms. The maximum Gasteiger partial charge on any atom is 0.298 e. The SMILES string of the molecule is Nc1cc(C(=C(c2ccccc2)S(=O)(=O)O)S(=O)(=O)O)c(S(=O)(=O)O)c(S(=O)(=O)O)c1N. The van der Waals surface area contributed by atoms with Crippen molar-refractivity contribution in [3.05, 3.63) is 47.5 Å². The molecule has 0 amide bonds. The molecule has 8 N–H and O–H groups in total. The third kappa shape index (κ3) is 5.07. The van der Waals surface area contributed by atoms with E-state index in [1.54, 1.807) is 0 Å². The van der Waals surface area contributed by atoms with Crippen LogP contribution in [0, 0.1) is 0 Å². The smallest absolute Gasteiger partial charge is 0.298 e. The zero-order chi connectivity index (χ0) is 24.9. The van der Waals surface area contributed by atoms with Gasteiger partial charge in [0.05, 0.1) is 11.4 Å². The van der Waals surface area contributed by atoms with Gasteiger partial charge in [-0.15, -0.1) is 0 Å². The van der Waals surface area contributed by atoms with Gasteiger partial charge in [0, 0.05) is 5.56 Å². The summed E-state index contributed by atoms with van der Waals surface area (Å²) in [5.74, 6) is 0. The minimum absolute atomic E-state index is 0.310. The monoisotopic (exact) mass is 530 g/mol. The van der Waals surface area contributed by atoms with Crippen LogP contribution in [0.3, 0.4) is 0 Å². The van der Waals surface area contributed by atoms with Gasteiger partial charge in [0.2, 0.25) is 0 Å². The van der Waals surface area contributed by atoms with Crippen LogP contribution in [-0.4, -0.2) is 51.9 Å². The molecule has 176 valence electrons. The van der Waals surface area contributed by atoms with Crippen molar-refractivity contribution in [3.8, 4) is 0 Å². The summed E-state index contributed by atoms with van der Waals surface area (Å²) in [5, 5.41) is 0. The van der Waals surface area contributed by atoms with E-state index < -0.39 is 82.6 Å². The Hall–Kier alpha value is -2.58. The molecule has 0 radical (unpaired) electrons. The van der Waals surface area contributed by atoms with Gasteiger partial charge in [0.1, 0.15) is 19.6 Å². The molecule has 0 aliphatic carbocycles. The fourth-order valence-corrected chi connectivity index (χ4v) is 7.14. The van der Waals surface area contributed by atoms with Crippen molar-refractivity contribution in [2.45, 2.75) is 9.79 Å². The Morgan fingerprint density at radius 1 is 0.656 bits per heavy atom. The standard InChI is InChI=1S/C14H14N2O12S4/c15-9-6-8(13(31(23,24)25)14(10(9)16)32(26,27)28)12(30(20,21)22)11(29(17,18)19)7-4-2-1-3-5-7/h1-6H,15-16H2,(H,17,18,19)(H,20,21,22)(H,23,24,25)(H,26,27,28). The van der Waals surface area contributed by atoms with Crippen LogP contribution < -0.4 is 11.5 Å². The van der Waals surface area contributed by atoms with Gasteiger partial charge in [-0.25, -0.2) is 0 Å². The molecule has 32 heavy (non-hydrogen) atoms. The van der Waals surface area contributed by atoms with Crippen LogP contribution in [0.4, 0.5) is 11.4 Å². The Labute approximate surface area is 182 Å². The van der Waals surface area contributed by atoms with E-state index in [0.717, 1.165) is 12.1 Å². The molecule has 2 aromatic rings. The highest BCUT2D eigenvalue weighted by Crippen LogP contribution is 2.42. The van der Waals surface area contributed by atoms with Crippen LogP contribution in [0.15, 0.2) is 46.2 Å². The molecule has 0 saturated carbocycles. The van der Waals surface area contributed by atoms with Crippen molar-refractivity contribution < 1.29 is 51.9 Å². The Morgan fingerprint density at radius 2 is 1.09 bits per heavy atom. The number of rotatable bonds is 6. The molecular formula is C14H14N2O12S4. The lowest BCUT2D eigenvalue weighted by molar-refractivity contribution is 0.466. The summed E-state index contributed by atoms with van der Waals surface area (Å²) in [6.07, 6.45) is 0. The van der Waals surface area contributed by atoms with Crippen LogP contribution in [-0.2, 0) is 40.5 Å². The van der Waals surface area contributed by atoms with E-state index in [9.17, 15) is 51.9 Å². The predicted octanol–water partition coefficient (Wildman–Crippen LogP) is -0.0542. The third-order valence-electron chi connectivity index (χ3n) is 3.82. The fraction of sp³-hybridized carbons (Fsp3) is 0. The summed E-state index contributed by atoms with van der Waals surface area (Å²) < 4.78 is 135. The molecule has 0 unspecified atom stereocenters. The van der Waals surface area contributed by atoms with Crippen LogP contribution >= 0.6 is 0 Å². The average molecular weight is 531 g/mol. The van der Waals surface area contributed by atoms with Gasteiger partial charge in [0.25, 0.3) is 40.5 Å². The van der Waals surface area contributed by atoms with Crippen molar-refractivity contribution in [2.75, 3.05) is 11.5 Å². The second kappa shape index (κ2) is 8.08. The van der Waals surface area contributed by atoms with Gasteiger partial charge >= 0.3 is 0 Å². The molecule has 0 aromatic heterocycles. The molecule has 0 bridgehead atoms. The number of hydrogen-bond donors (Lipinski definition) is 6. The molecule has 14 nitrogen and oxygen atoms in total. The fourth-order valence-electron chi connectivity index (χ4n) is 2.72. The second-order valence-corrected chi connectivity index (χ2v) is 11.4. The topological polar surface area (TPSA) is 270 Å². The lowest BCUT2D eigenvalue weighted by atomic mass is 10.1. The first kappa shape index (κ1) is 25.7. The van der Waals surface area contributed by atoms with Crippen LogP contribution in [0.2, 0.25) is 0 Å². The Bertz CT molecular complexity index is 1560. The molecule has 0 heterocycles. The highest BCUT2D eigenvalue weighted by Gasteiger charge is 2.39. The number of hydrogen-bond acceptors (Lipinski definition) is 10. The van der Waals surface area contributed by atoms with Crippen LogP contribution in [0.5, 0.6) is 0 Å². The first-order chi connectivity index (χ1) is 14.3. The van der Waals surface area contributed by atoms with E-state index in [1.807, 2.05) is 0 Å². The van der Waals surface area contributed by atoms with Gasteiger partial charge < -0.3 is 11.5 Å². The summed E-state index contributed by atoms with van der Waals surface area (Å²) in [5.41, 5.74) is 6.68. The second-order valence-electron chi connectivity index (χ2n) is 6.01. The van der Waals surface area contributed by atoms with E-state index in [0.29, 0.717) is 6.07 Å². The van der Waals surface area contributed by atoms with Gasteiger partial charge in [-0.3, -0.25) is 18.2 Å². The quantitative estimate of drug-likeness (QED) is 0.162. The first-order valence-corrected chi connectivity index (χ1v) is 13.5. The molecule has 0 aliphatic rings. The van der Waals surface area contributed by atoms with Crippen LogP contribution in [0.25, 0.3) is 9.81 Å². The van der Waals surface area contributed by atoms with Gasteiger partial charge in [-0.2, -0.15) is 33.7 Å². The van der Waals surface area contributed by atoms with Crippen molar-refractivity contribution in [1.29, 1.82) is 0 Å². The van der Waals surface area contributed by atoms with Gasteiger partial charge in [-0.1, -0.05) is 30.3 Å². The Balaban J connectivity index is 3.45. The molecule has 0 saturated heterocycles. The van der Waals surface area contributed by atoms with Crippen molar-refractivity contribution in [2.24, 2.45) is 0 Å². The number of nitrogen functional groups attached to an aromatic ring is 2. The van der Waals surface area contributed by atoms with E-state index >= 15 is 0 Å². The summed E-state index contributed by atoms with van der Waals surface area (Å²) >= 11 is 0. The molecule has 2 rings (SSSR count). The zero-order valence-corrected chi connectivity index (χ0v) is 18.6. The predicted molar refractivity (Wildman–Crippen MR) is 111 cm³/mol. The van der Waals surface area contributed by atoms with Crippen molar-refractivity contribution >= 4 is 61.7 Å². The summed E-state index contributed by atoms with van der Waals surface area (Å²) in [4.78, 5) is -7.19. The van der Waals surface area contributed by atoms with E-state index in [4.69, 9.17) is 11.5 Å². The molecule has 2 aromatic carbocycles. The average Bonchev–Trinajstić information content (AvgIpc) is 2.58. The Morgan fingerprint density at radius 3 is 1.47 bits per heavy atom. The van der Waals surface area contributed by atoms with Gasteiger partial charge in [-0.05, 0) is 11.6 Å². The van der Waals surface area contributed by atoms with E-state index in [1.165, 1.54) is 18.2 Å². The van der Waals surface area contributed by atoms with Crippen molar-refractivity contribution in [1.82, 2.24) is 0 Å². The normalized spacial score (nSPS) is 14.1. The lowest BCUT2D eigenvalue weighted by Gasteiger charge is -2.18.